The summed E-state index contributed by atoms with van der Waals surface area (Å²) in [5.74, 6) is 1.14. The van der Waals surface area contributed by atoms with Crippen molar-refractivity contribution in [2.75, 3.05) is 7.11 Å². The van der Waals surface area contributed by atoms with Crippen molar-refractivity contribution in [3.05, 3.63) is 95.6 Å². The summed E-state index contributed by atoms with van der Waals surface area (Å²) in [6, 6.07) is 25.4. The Morgan fingerprint density at radius 2 is 1.62 bits per heavy atom. The lowest BCUT2D eigenvalue weighted by Gasteiger charge is -2.11. The van der Waals surface area contributed by atoms with Crippen LogP contribution in [0.5, 0.6) is 11.5 Å². The van der Waals surface area contributed by atoms with Crippen molar-refractivity contribution in [1.29, 1.82) is 0 Å². The zero-order valence-electron chi connectivity index (χ0n) is 16.4. The van der Waals surface area contributed by atoms with Crippen molar-refractivity contribution in [2.24, 2.45) is 5.10 Å². The first kappa shape index (κ1) is 20.1. The Labute approximate surface area is 171 Å². The molecule has 5 nitrogen and oxygen atoms in total. The van der Waals surface area contributed by atoms with Gasteiger partial charge in [-0.05, 0) is 41.3 Å². The molecule has 0 radical (unpaired) electrons. The van der Waals surface area contributed by atoms with Crippen molar-refractivity contribution in [3.8, 4) is 11.5 Å². The highest BCUT2D eigenvalue weighted by Gasteiger charge is 2.06. The SMILES string of the molecule is COc1cc(/C=N/NC(=O)CCc2ccccc2)ccc1OCc1ccccc1. The second-order valence-electron chi connectivity index (χ2n) is 6.46. The highest BCUT2D eigenvalue weighted by atomic mass is 16.5. The van der Waals surface area contributed by atoms with Gasteiger partial charge < -0.3 is 9.47 Å². The highest BCUT2D eigenvalue weighted by molar-refractivity contribution is 5.83. The number of methoxy groups -OCH3 is 1. The summed E-state index contributed by atoms with van der Waals surface area (Å²) in [6.07, 6.45) is 2.66. The van der Waals surface area contributed by atoms with Crippen LogP contribution in [-0.4, -0.2) is 19.2 Å². The van der Waals surface area contributed by atoms with Crippen molar-refractivity contribution in [1.82, 2.24) is 5.43 Å². The zero-order valence-corrected chi connectivity index (χ0v) is 16.4. The molecule has 3 aromatic rings. The summed E-state index contributed by atoms with van der Waals surface area (Å²) in [7, 11) is 1.59. The minimum atomic E-state index is -0.125. The summed E-state index contributed by atoms with van der Waals surface area (Å²) in [5, 5.41) is 4.03. The first-order chi connectivity index (χ1) is 14.2. The molecule has 1 N–H and O–H groups in total. The van der Waals surface area contributed by atoms with Gasteiger partial charge in [-0.15, -0.1) is 0 Å². The molecule has 0 fully saturated rings. The number of hydrazone groups is 1. The molecule has 0 aliphatic rings. The monoisotopic (exact) mass is 388 g/mol. The predicted molar refractivity (Wildman–Crippen MR) is 114 cm³/mol. The van der Waals surface area contributed by atoms with E-state index in [1.807, 2.05) is 78.9 Å². The number of nitrogens with zero attached hydrogens (tertiary/aromatic N) is 1. The van der Waals surface area contributed by atoms with Gasteiger partial charge in [0.05, 0.1) is 13.3 Å². The van der Waals surface area contributed by atoms with Gasteiger partial charge in [0.25, 0.3) is 0 Å². The molecule has 0 aromatic heterocycles. The molecular weight excluding hydrogens is 364 g/mol. The second-order valence-corrected chi connectivity index (χ2v) is 6.46. The van der Waals surface area contributed by atoms with Crippen LogP contribution < -0.4 is 14.9 Å². The van der Waals surface area contributed by atoms with E-state index in [-0.39, 0.29) is 5.91 Å². The molecule has 5 heteroatoms. The molecule has 1 amide bonds. The Morgan fingerprint density at radius 3 is 2.31 bits per heavy atom. The molecule has 0 aliphatic carbocycles. The van der Waals surface area contributed by atoms with Gasteiger partial charge >= 0.3 is 0 Å². The number of amides is 1. The van der Waals surface area contributed by atoms with E-state index < -0.39 is 0 Å². The molecule has 0 aliphatic heterocycles. The van der Waals surface area contributed by atoms with Crippen LogP contribution >= 0.6 is 0 Å². The molecule has 0 saturated carbocycles. The maximum Gasteiger partial charge on any atom is 0.240 e. The number of benzene rings is 3. The third-order valence-electron chi connectivity index (χ3n) is 4.31. The summed E-state index contributed by atoms with van der Waals surface area (Å²) < 4.78 is 11.3. The number of rotatable bonds is 9. The predicted octanol–water partition coefficient (Wildman–Crippen LogP) is 4.36. The molecule has 0 bridgehead atoms. The average Bonchev–Trinajstić information content (AvgIpc) is 2.78. The molecule has 0 unspecified atom stereocenters. The van der Waals surface area contributed by atoms with E-state index in [1.54, 1.807) is 13.3 Å². The highest BCUT2D eigenvalue weighted by Crippen LogP contribution is 2.28. The zero-order chi connectivity index (χ0) is 20.3. The molecule has 0 atom stereocenters. The summed E-state index contributed by atoms with van der Waals surface area (Å²) in [4.78, 5) is 11.9. The Hall–Kier alpha value is -3.60. The smallest absolute Gasteiger partial charge is 0.240 e. The molecule has 0 heterocycles. The summed E-state index contributed by atoms with van der Waals surface area (Å²) in [6.45, 7) is 0.460. The number of hydrogen-bond acceptors (Lipinski definition) is 4. The quantitative estimate of drug-likeness (QED) is 0.438. The fourth-order valence-electron chi connectivity index (χ4n) is 2.76. The lowest BCUT2D eigenvalue weighted by atomic mass is 10.1. The van der Waals surface area contributed by atoms with Gasteiger partial charge in [-0.3, -0.25) is 4.79 Å². The number of ether oxygens (including phenoxy) is 2. The molecular formula is C24H24N2O3. The average molecular weight is 388 g/mol. The van der Waals surface area contributed by atoms with Gasteiger partial charge in [-0.25, -0.2) is 5.43 Å². The van der Waals surface area contributed by atoms with Crippen LogP contribution in [0.1, 0.15) is 23.1 Å². The standard InChI is InChI=1S/C24H24N2O3/c1-28-23-16-21(12-14-22(23)29-18-20-10-6-3-7-11-20)17-25-26-24(27)15-13-19-8-4-2-5-9-19/h2-12,14,16-17H,13,15,18H2,1H3,(H,26,27)/b25-17+. The molecule has 29 heavy (non-hydrogen) atoms. The number of hydrogen-bond donors (Lipinski definition) is 1. The van der Waals surface area contributed by atoms with Gasteiger partial charge in [0.15, 0.2) is 11.5 Å². The van der Waals surface area contributed by atoms with E-state index in [4.69, 9.17) is 9.47 Å². The van der Waals surface area contributed by atoms with Crippen molar-refractivity contribution in [2.45, 2.75) is 19.4 Å². The number of carbonyl (C=O) groups is 1. The Morgan fingerprint density at radius 1 is 0.931 bits per heavy atom. The first-order valence-corrected chi connectivity index (χ1v) is 9.45. The van der Waals surface area contributed by atoms with E-state index in [9.17, 15) is 4.79 Å². The lowest BCUT2D eigenvalue weighted by molar-refractivity contribution is -0.121. The first-order valence-electron chi connectivity index (χ1n) is 9.45. The van der Waals surface area contributed by atoms with E-state index in [0.29, 0.717) is 30.9 Å². The molecule has 3 aromatic carbocycles. The number of nitrogens with one attached hydrogen (secondary N) is 1. The third kappa shape index (κ3) is 6.50. The van der Waals surface area contributed by atoms with Crippen LogP contribution in [0.3, 0.4) is 0 Å². The maximum absolute atomic E-state index is 11.9. The normalized spacial score (nSPS) is 10.7. The van der Waals surface area contributed by atoms with Crippen molar-refractivity contribution >= 4 is 12.1 Å². The summed E-state index contributed by atoms with van der Waals surface area (Å²) >= 11 is 0. The van der Waals surface area contributed by atoms with Gasteiger partial charge in [0.1, 0.15) is 6.61 Å². The van der Waals surface area contributed by atoms with E-state index in [2.05, 4.69) is 10.5 Å². The van der Waals surface area contributed by atoms with Gasteiger partial charge in [0, 0.05) is 6.42 Å². The molecule has 0 saturated heterocycles. The Bertz CT molecular complexity index is 941. The topological polar surface area (TPSA) is 59.9 Å². The molecule has 3 rings (SSSR count). The van der Waals surface area contributed by atoms with Crippen LogP contribution in [-0.2, 0) is 17.8 Å². The molecule has 0 spiro atoms. The van der Waals surface area contributed by atoms with Crippen LogP contribution in [0.25, 0.3) is 0 Å². The van der Waals surface area contributed by atoms with Gasteiger partial charge in [0.2, 0.25) is 5.91 Å². The van der Waals surface area contributed by atoms with Gasteiger partial charge in [-0.1, -0.05) is 60.7 Å². The third-order valence-corrected chi connectivity index (χ3v) is 4.31. The van der Waals surface area contributed by atoms with E-state index >= 15 is 0 Å². The van der Waals surface area contributed by atoms with Crippen molar-refractivity contribution < 1.29 is 14.3 Å². The maximum atomic E-state index is 11.9. The number of carbonyl (C=O) groups excluding carboxylic acids is 1. The second kappa shape index (κ2) is 10.7. The minimum Gasteiger partial charge on any atom is -0.493 e. The Balaban J connectivity index is 1.51. The fraction of sp³-hybridized carbons (Fsp3) is 0.167. The van der Waals surface area contributed by atoms with E-state index in [0.717, 1.165) is 16.7 Å². The van der Waals surface area contributed by atoms with E-state index in [1.165, 1.54) is 0 Å². The largest absolute Gasteiger partial charge is 0.493 e. The van der Waals surface area contributed by atoms with Crippen LogP contribution in [0.2, 0.25) is 0 Å². The molecule has 148 valence electrons. The minimum absolute atomic E-state index is 0.125. The summed E-state index contributed by atoms with van der Waals surface area (Å²) in [5.41, 5.74) is 5.57. The van der Waals surface area contributed by atoms with Crippen LogP contribution in [0.15, 0.2) is 84.0 Å². The fourth-order valence-corrected chi connectivity index (χ4v) is 2.76. The van der Waals surface area contributed by atoms with Crippen molar-refractivity contribution in [3.63, 3.8) is 0 Å². The Kier molecular flexibility index (Phi) is 7.41. The lowest BCUT2D eigenvalue weighted by Crippen LogP contribution is -2.17. The van der Waals surface area contributed by atoms with Crippen LogP contribution in [0.4, 0.5) is 0 Å². The number of aryl methyl sites for hydroxylation is 1. The van der Waals surface area contributed by atoms with Crippen LogP contribution in [0, 0.1) is 0 Å². The van der Waals surface area contributed by atoms with Gasteiger partial charge in [-0.2, -0.15) is 5.10 Å².